The fraction of sp³-hybridized carbons (Fsp3) is 0.947. The second-order valence-corrected chi connectivity index (χ2v) is 6.24. The summed E-state index contributed by atoms with van der Waals surface area (Å²) in [5.41, 5.74) is 0. The molecule has 0 heteroatoms. The molecule has 0 aromatic carbocycles. The van der Waals surface area contributed by atoms with Crippen LogP contribution in [0.15, 0.2) is 0 Å². The Morgan fingerprint density at radius 2 is 1.11 bits per heavy atom. The minimum Gasteiger partial charge on any atom is -0.0654 e. The highest BCUT2D eigenvalue weighted by Gasteiger charge is 2.05. The molecule has 0 aliphatic carbocycles. The van der Waals surface area contributed by atoms with Gasteiger partial charge in [0.1, 0.15) is 0 Å². The Bertz CT molecular complexity index is 150. The summed E-state index contributed by atoms with van der Waals surface area (Å²) in [6.45, 7) is 8.58. The molecule has 0 nitrogen and oxygen atoms in total. The van der Waals surface area contributed by atoms with Gasteiger partial charge < -0.3 is 0 Å². The van der Waals surface area contributed by atoms with Crippen molar-refractivity contribution < 1.29 is 0 Å². The third kappa shape index (κ3) is 14.2. The van der Waals surface area contributed by atoms with Gasteiger partial charge >= 0.3 is 0 Å². The lowest BCUT2D eigenvalue weighted by molar-refractivity contribution is 0.394. The van der Waals surface area contributed by atoms with Crippen molar-refractivity contribution in [2.45, 2.75) is 110 Å². The molecule has 0 rings (SSSR count). The molecule has 0 spiro atoms. The summed E-state index contributed by atoms with van der Waals surface area (Å²) in [6, 6.07) is 0. The largest absolute Gasteiger partial charge is 0.0654 e. The Hall–Kier alpha value is 0. The monoisotopic (exact) mass is 267 g/mol. The van der Waals surface area contributed by atoms with E-state index < -0.39 is 0 Å². The van der Waals surface area contributed by atoms with Crippen molar-refractivity contribution in [3.8, 4) is 0 Å². The summed E-state index contributed by atoms with van der Waals surface area (Å²) in [6.07, 6.45) is 21.2. The van der Waals surface area contributed by atoms with Gasteiger partial charge in [-0.2, -0.15) is 0 Å². The van der Waals surface area contributed by atoms with Gasteiger partial charge in [-0.05, 0) is 5.92 Å². The zero-order valence-electron chi connectivity index (χ0n) is 13.9. The van der Waals surface area contributed by atoms with Gasteiger partial charge in [0, 0.05) is 0 Å². The van der Waals surface area contributed by atoms with Crippen LogP contribution in [0, 0.1) is 12.8 Å². The molecule has 0 aromatic rings. The van der Waals surface area contributed by atoms with Gasteiger partial charge in [-0.25, -0.2) is 0 Å². The fourth-order valence-electron chi connectivity index (χ4n) is 2.91. The molecule has 0 amide bonds. The molecule has 0 heterocycles. The molecule has 0 aromatic heterocycles. The first-order chi connectivity index (χ1) is 9.35. The number of unbranched alkanes of at least 4 members (excludes halogenated alkanes) is 10. The van der Waals surface area contributed by atoms with Crippen LogP contribution < -0.4 is 0 Å². The summed E-state index contributed by atoms with van der Waals surface area (Å²) in [7, 11) is 0. The minimum absolute atomic E-state index is 1.00. The Kier molecular flexibility index (Phi) is 16.1. The highest BCUT2D eigenvalue weighted by molar-refractivity contribution is 4.59. The van der Waals surface area contributed by atoms with Gasteiger partial charge in [0.25, 0.3) is 0 Å². The second kappa shape index (κ2) is 16.1. The van der Waals surface area contributed by atoms with E-state index in [-0.39, 0.29) is 0 Å². The van der Waals surface area contributed by atoms with Crippen LogP contribution in [0.1, 0.15) is 110 Å². The quantitative estimate of drug-likeness (QED) is 0.272. The Balaban J connectivity index is 3.26. The maximum absolute atomic E-state index is 3.92. The van der Waals surface area contributed by atoms with Gasteiger partial charge in [0.2, 0.25) is 0 Å². The van der Waals surface area contributed by atoms with Crippen molar-refractivity contribution in [1.82, 2.24) is 0 Å². The second-order valence-electron chi connectivity index (χ2n) is 6.24. The molecule has 19 heavy (non-hydrogen) atoms. The molecule has 1 atom stereocenters. The summed E-state index contributed by atoms with van der Waals surface area (Å²) >= 11 is 0. The van der Waals surface area contributed by atoms with Gasteiger partial charge in [-0.3, -0.25) is 0 Å². The third-order valence-corrected chi connectivity index (χ3v) is 4.41. The van der Waals surface area contributed by atoms with Crippen molar-refractivity contribution in [3.63, 3.8) is 0 Å². The zero-order valence-corrected chi connectivity index (χ0v) is 13.9. The first kappa shape index (κ1) is 19.0. The predicted molar refractivity (Wildman–Crippen MR) is 89.5 cm³/mol. The Morgan fingerprint density at radius 1 is 0.632 bits per heavy atom. The zero-order chi connectivity index (χ0) is 14.2. The first-order valence-corrected chi connectivity index (χ1v) is 9.14. The van der Waals surface area contributed by atoms with Crippen molar-refractivity contribution >= 4 is 0 Å². The van der Waals surface area contributed by atoms with E-state index in [4.69, 9.17) is 0 Å². The SMILES string of the molecule is [CH2]CCCCCC(CC)CCCCCCCCCC. The van der Waals surface area contributed by atoms with Crippen LogP contribution >= 0.6 is 0 Å². The molecule has 0 saturated heterocycles. The van der Waals surface area contributed by atoms with E-state index in [9.17, 15) is 0 Å². The van der Waals surface area contributed by atoms with Crippen LogP contribution in [0.2, 0.25) is 0 Å². The lowest BCUT2D eigenvalue weighted by atomic mass is 9.92. The lowest BCUT2D eigenvalue weighted by Crippen LogP contribution is -1.99. The van der Waals surface area contributed by atoms with Crippen LogP contribution in [-0.4, -0.2) is 0 Å². The van der Waals surface area contributed by atoms with Gasteiger partial charge in [-0.1, -0.05) is 117 Å². The maximum atomic E-state index is 3.92. The van der Waals surface area contributed by atoms with Crippen molar-refractivity contribution in [2.24, 2.45) is 5.92 Å². The highest BCUT2D eigenvalue weighted by Crippen LogP contribution is 2.21. The number of hydrogen-bond donors (Lipinski definition) is 0. The molecule has 1 unspecified atom stereocenters. The lowest BCUT2D eigenvalue weighted by Gasteiger charge is -2.14. The summed E-state index contributed by atoms with van der Waals surface area (Å²) in [5.74, 6) is 1.00. The van der Waals surface area contributed by atoms with Gasteiger partial charge in [-0.15, -0.1) is 0 Å². The van der Waals surface area contributed by atoms with Crippen molar-refractivity contribution in [2.75, 3.05) is 0 Å². The summed E-state index contributed by atoms with van der Waals surface area (Å²) in [5, 5.41) is 0. The summed E-state index contributed by atoms with van der Waals surface area (Å²) in [4.78, 5) is 0. The van der Waals surface area contributed by atoms with E-state index in [0.717, 1.165) is 12.3 Å². The van der Waals surface area contributed by atoms with Crippen LogP contribution in [-0.2, 0) is 0 Å². The first-order valence-electron chi connectivity index (χ1n) is 9.14. The van der Waals surface area contributed by atoms with Crippen LogP contribution in [0.5, 0.6) is 0 Å². The predicted octanol–water partition coefficient (Wildman–Crippen LogP) is 7.33. The van der Waals surface area contributed by atoms with Crippen LogP contribution in [0.3, 0.4) is 0 Å². The van der Waals surface area contributed by atoms with Crippen LogP contribution in [0.25, 0.3) is 0 Å². The number of hydrogen-bond acceptors (Lipinski definition) is 0. The van der Waals surface area contributed by atoms with Crippen LogP contribution in [0.4, 0.5) is 0 Å². The molecule has 115 valence electrons. The molecular weight excluding hydrogens is 228 g/mol. The normalized spacial score (nSPS) is 12.8. The maximum Gasteiger partial charge on any atom is -0.0417 e. The average molecular weight is 268 g/mol. The van der Waals surface area contributed by atoms with E-state index in [0.29, 0.717) is 0 Å². The van der Waals surface area contributed by atoms with Gasteiger partial charge in [0.05, 0.1) is 0 Å². The molecule has 1 radical (unpaired) electrons. The molecule has 0 bridgehead atoms. The molecule has 0 aliphatic rings. The molecular formula is C19H39. The van der Waals surface area contributed by atoms with E-state index in [2.05, 4.69) is 20.8 Å². The smallest absolute Gasteiger partial charge is 0.0417 e. The highest BCUT2D eigenvalue weighted by atomic mass is 14.1. The fourth-order valence-corrected chi connectivity index (χ4v) is 2.91. The average Bonchev–Trinajstić information content (AvgIpc) is 2.44. The van der Waals surface area contributed by atoms with E-state index >= 15 is 0 Å². The van der Waals surface area contributed by atoms with E-state index in [1.54, 1.807) is 0 Å². The van der Waals surface area contributed by atoms with E-state index in [1.807, 2.05) is 0 Å². The number of rotatable bonds is 15. The van der Waals surface area contributed by atoms with Gasteiger partial charge in [0.15, 0.2) is 0 Å². The molecule has 0 aliphatic heterocycles. The standard InChI is InChI=1S/C19H39/c1-4-7-9-11-12-13-14-16-18-19(6-3)17-15-10-8-5-2/h19H,2,4-18H2,1,3H3. The molecule has 0 N–H and O–H groups in total. The van der Waals surface area contributed by atoms with E-state index in [1.165, 1.54) is 89.9 Å². The van der Waals surface area contributed by atoms with Crippen molar-refractivity contribution in [1.29, 1.82) is 0 Å². The third-order valence-electron chi connectivity index (χ3n) is 4.41. The molecule has 0 saturated carbocycles. The minimum atomic E-state index is 1.00. The van der Waals surface area contributed by atoms with Crippen molar-refractivity contribution in [3.05, 3.63) is 6.92 Å². The molecule has 0 fully saturated rings. The topological polar surface area (TPSA) is 0 Å². The Morgan fingerprint density at radius 3 is 1.58 bits per heavy atom. The summed E-state index contributed by atoms with van der Waals surface area (Å²) < 4.78 is 0. The Labute approximate surface area is 123 Å².